The molecule has 0 aliphatic heterocycles. The summed E-state index contributed by atoms with van der Waals surface area (Å²) in [6.07, 6.45) is 0. The Morgan fingerprint density at radius 2 is 1.94 bits per heavy atom. The van der Waals surface area contributed by atoms with Crippen molar-refractivity contribution in [2.45, 2.75) is 32.0 Å². The third-order valence-corrected chi connectivity index (χ3v) is 6.10. The number of rotatable bonds is 7. The molecular formula is C22H24ClN5O2S. The molecule has 0 spiro atoms. The highest BCUT2D eigenvalue weighted by atomic mass is 35.5. The highest BCUT2D eigenvalue weighted by Crippen LogP contribution is 2.22. The normalized spacial score (nSPS) is 11.8. The van der Waals surface area contributed by atoms with Crippen molar-refractivity contribution in [1.82, 2.24) is 20.1 Å². The molecular weight excluding hydrogens is 434 g/mol. The van der Waals surface area contributed by atoms with E-state index >= 15 is 0 Å². The molecule has 3 rings (SSSR count). The predicted molar refractivity (Wildman–Crippen MR) is 124 cm³/mol. The van der Waals surface area contributed by atoms with Crippen LogP contribution >= 0.6 is 23.4 Å². The monoisotopic (exact) mass is 457 g/mol. The number of amides is 2. The van der Waals surface area contributed by atoms with Crippen molar-refractivity contribution in [1.29, 1.82) is 0 Å². The molecule has 0 unspecified atom stereocenters. The Hall–Kier alpha value is -2.84. The first kappa shape index (κ1) is 22.8. The van der Waals surface area contributed by atoms with Crippen LogP contribution in [0.1, 0.15) is 40.3 Å². The number of hydrogen-bond donors (Lipinski definition) is 2. The molecule has 0 fully saturated rings. The number of aryl methyl sites for hydroxylation is 2. The van der Waals surface area contributed by atoms with E-state index in [1.165, 1.54) is 11.8 Å². The summed E-state index contributed by atoms with van der Waals surface area (Å²) in [4.78, 5) is 24.8. The van der Waals surface area contributed by atoms with Crippen molar-refractivity contribution in [2.24, 2.45) is 7.05 Å². The fourth-order valence-corrected chi connectivity index (χ4v) is 3.86. The quantitative estimate of drug-likeness (QED) is 0.516. The number of carbonyl (C=O) groups is 2. The molecule has 1 atom stereocenters. The number of carbonyl (C=O) groups excluding carboxylic acids is 2. The standard InChI is InChI=1S/C22H24ClN5O2S/c1-13-6-5-7-16(10-13)21(30)24-15(3)20-26-27-22(28(20)4)31-12-19(29)25-17-9-8-14(2)18(23)11-17/h5-11,15H,12H2,1-4H3,(H,24,30)(H,25,29)/t15-/m1/s1. The van der Waals surface area contributed by atoms with E-state index in [4.69, 9.17) is 11.6 Å². The Bertz CT molecular complexity index is 1120. The number of anilines is 1. The Labute approximate surface area is 190 Å². The maximum absolute atomic E-state index is 12.5. The summed E-state index contributed by atoms with van der Waals surface area (Å²) < 4.78 is 1.78. The van der Waals surface area contributed by atoms with Gasteiger partial charge in [-0.2, -0.15) is 0 Å². The van der Waals surface area contributed by atoms with Gasteiger partial charge in [-0.3, -0.25) is 9.59 Å². The minimum Gasteiger partial charge on any atom is -0.342 e. The number of thioether (sulfide) groups is 1. The van der Waals surface area contributed by atoms with Crippen molar-refractivity contribution in [3.63, 3.8) is 0 Å². The Kier molecular flexibility index (Phi) is 7.35. The molecule has 9 heteroatoms. The summed E-state index contributed by atoms with van der Waals surface area (Å²) in [6.45, 7) is 5.69. The molecule has 1 heterocycles. The molecule has 1 aromatic heterocycles. The molecule has 0 saturated heterocycles. The zero-order chi connectivity index (χ0) is 22.5. The van der Waals surface area contributed by atoms with E-state index in [2.05, 4.69) is 20.8 Å². The average molecular weight is 458 g/mol. The summed E-state index contributed by atoms with van der Waals surface area (Å²) in [5.41, 5.74) is 3.21. The molecule has 0 saturated carbocycles. The summed E-state index contributed by atoms with van der Waals surface area (Å²) in [5, 5.41) is 15.3. The van der Waals surface area contributed by atoms with E-state index < -0.39 is 0 Å². The highest BCUT2D eigenvalue weighted by Gasteiger charge is 2.19. The molecule has 162 valence electrons. The molecule has 0 radical (unpaired) electrons. The number of halogens is 1. The predicted octanol–water partition coefficient (Wildman–Crippen LogP) is 4.31. The lowest BCUT2D eigenvalue weighted by atomic mass is 10.1. The number of hydrogen-bond acceptors (Lipinski definition) is 5. The topological polar surface area (TPSA) is 88.9 Å². The number of nitrogens with one attached hydrogen (secondary N) is 2. The molecule has 0 aliphatic carbocycles. The van der Waals surface area contributed by atoms with Gasteiger partial charge < -0.3 is 15.2 Å². The lowest BCUT2D eigenvalue weighted by Gasteiger charge is -2.14. The van der Waals surface area contributed by atoms with Crippen LogP contribution in [-0.4, -0.2) is 32.3 Å². The zero-order valence-electron chi connectivity index (χ0n) is 17.8. The van der Waals surface area contributed by atoms with Gasteiger partial charge in [0, 0.05) is 23.3 Å². The molecule has 0 bridgehead atoms. The molecule has 2 N–H and O–H groups in total. The second-order valence-corrected chi connectivity index (χ2v) is 8.61. The maximum Gasteiger partial charge on any atom is 0.251 e. The van der Waals surface area contributed by atoms with Gasteiger partial charge in [-0.25, -0.2) is 0 Å². The second-order valence-electron chi connectivity index (χ2n) is 7.27. The zero-order valence-corrected chi connectivity index (χ0v) is 19.3. The first-order valence-corrected chi connectivity index (χ1v) is 11.1. The van der Waals surface area contributed by atoms with Gasteiger partial charge >= 0.3 is 0 Å². The summed E-state index contributed by atoms with van der Waals surface area (Å²) >= 11 is 7.37. The van der Waals surface area contributed by atoms with E-state index in [1.54, 1.807) is 16.7 Å². The van der Waals surface area contributed by atoms with Crippen molar-refractivity contribution in [2.75, 3.05) is 11.1 Å². The van der Waals surface area contributed by atoms with E-state index in [-0.39, 0.29) is 23.6 Å². The fraction of sp³-hybridized carbons (Fsp3) is 0.273. The summed E-state index contributed by atoms with van der Waals surface area (Å²) in [6, 6.07) is 12.4. The van der Waals surface area contributed by atoms with E-state index in [1.807, 2.05) is 58.2 Å². The van der Waals surface area contributed by atoms with Crippen LogP contribution in [0.15, 0.2) is 47.6 Å². The smallest absolute Gasteiger partial charge is 0.251 e. The van der Waals surface area contributed by atoms with E-state index in [9.17, 15) is 9.59 Å². The van der Waals surface area contributed by atoms with Gasteiger partial charge in [-0.1, -0.05) is 47.1 Å². The Balaban J connectivity index is 1.58. The van der Waals surface area contributed by atoms with Gasteiger partial charge in [0.15, 0.2) is 11.0 Å². The van der Waals surface area contributed by atoms with Crippen LogP contribution < -0.4 is 10.6 Å². The second kappa shape index (κ2) is 9.98. The van der Waals surface area contributed by atoms with Crippen molar-refractivity contribution in [3.05, 3.63) is 70.0 Å². The van der Waals surface area contributed by atoms with Crippen LogP contribution in [0.5, 0.6) is 0 Å². The van der Waals surface area contributed by atoms with Crippen LogP contribution in [0.3, 0.4) is 0 Å². The maximum atomic E-state index is 12.5. The van der Waals surface area contributed by atoms with Crippen molar-refractivity contribution in [3.8, 4) is 0 Å². The molecule has 0 aliphatic rings. The van der Waals surface area contributed by atoms with E-state index in [0.29, 0.717) is 27.3 Å². The third kappa shape index (κ3) is 5.86. The van der Waals surface area contributed by atoms with Crippen molar-refractivity contribution < 1.29 is 9.59 Å². The van der Waals surface area contributed by atoms with Gasteiger partial charge in [-0.05, 0) is 50.6 Å². The Morgan fingerprint density at radius 3 is 2.65 bits per heavy atom. The highest BCUT2D eigenvalue weighted by molar-refractivity contribution is 7.99. The summed E-state index contributed by atoms with van der Waals surface area (Å²) in [5.74, 6) is 0.427. The molecule has 31 heavy (non-hydrogen) atoms. The van der Waals surface area contributed by atoms with Gasteiger partial charge in [-0.15, -0.1) is 10.2 Å². The van der Waals surface area contributed by atoms with Crippen LogP contribution in [0.25, 0.3) is 0 Å². The molecule has 7 nitrogen and oxygen atoms in total. The lowest BCUT2D eigenvalue weighted by Crippen LogP contribution is -2.28. The number of aromatic nitrogens is 3. The van der Waals surface area contributed by atoms with Crippen LogP contribution in [0.4, 0.5) is 5.69 Å². The van der Waals surface area contributed by atoms with Crippen LogP contribution in [0.2, 0.25) is 5.02 Å². The molecule has 2 aromatic carbocycles. The van der Waals surface area contributed by atoms with Crippen LogP contribution in [-0.2, 0) is 11.8 Å². The van der Waals surface area contributed by atoms with Gasteiger partial charge in [0.1, 0.15) is 0 Å². The minimum absolute atomic E-state index is 0.168. The number of nitrogens with zero attached hydrogens (tertiary/aromatic N) is 3. The number of benzene rings is 2. The molecule has 3 aromatic rings. The fourth-order valence-electron chi connectivity index (χ4n) is 2.96. The van der Waals surface area contributed by atoms with E-state index in [0.717, 1.165) is 11.1 Å². The van der Waals surface area contributed by atoms with Gasteiger partial charge in [0.25, 0.3) is 5.91 Å². The van der Waals surface area contributed by atoms with Gasteiger partial charge in [0.05, 0.1) is 11.8 Å². The van der Waals surface area contributed by atoms with Crippen molar-refractivity contribution >= 4 is 40.9 Å². The molecule has 2 amide bonds. The third-order valence-electron chi connectivity index (χ3n) is 4.67. The minimum atomic E-state index is -0.344. The first-order valence-electron chi connectivity index (χ1n) is 9.70. The first-order chi connectivity index (χ1) is 14.7. The van der Waals surface area contributed by atoms with Gasteiger partial charge in [0.2, 0.25) is 5.91 Å². The summed E-state index contributed by atoms with van der Waals surface area (Å²) in [7, 11) is 1.81. The SMILES string of the molecule is Cc1cccc(C(=O)N[C@H](C)c2nnc(SCC(=O)Nc3ccc(C)c(Cl)c3)n2C)c1. The van der Waals surface area contributed by atoms with Crippen LogP contribution in [0, 0.1) is 13.8 Å². The average Bonchev–Trinajstić information content (AvgIpc) is 3.09. The Morgan fingerprint density at radius 1 is 1.16 bits per heavy atom. The largest absolute Gasteiger partial charge is 0.342 e. The lowest BCUT2D eigenvalue weighted by molar-refractivity contribution is -0.113.